The molecule has 0 fully saturated rings. The summed E-state index contributed by atoms with van der Waals surface area (Å²) in [6, 6.07) is 63.2. The second-order valence-corrected chi connectivity index (χ2v) is 13.7. The smallest absolute Gasteiger partial charge is 0.137 e. The molecule has 0 unspecified atom stereocenters. The minimum absolute atomic E-state index is 0.399. The number of nitrogens with zero attached hydrogens (tertiary/aromatic N) is 2. The summed E-state index contributed by atoms with van der Waals surface area (Å²) in [5.41, 5.74) is 16.2. The van der Waals surface area contributed by atoms with E-state index in [1.165, 1.54) is 5.56 Å². The summed E-state index contributed by atoms with van der Waals surface area (Å²) in [6.07, 6.45) is 3.94. The van der Waals surface area contributed by atoms with Crippen LogP contribution in [0.2, 0.25) is 0 Å². The maximum Gasteiger partial charge on any atom is 0.137 e. The van der Waals surface area contributed by atoms with E-state index in [0.717, 1.165) is 83.3 Å². The second kappa shape index (κ2) is 13.5. The number of nitrogens with one attached hydrogen (secondary N) is 2. The molecule has 9 aromatic rings. The largest absolute Gasteiger partial charge is 0.456 e. The van der Waals surface area contributed by atoms with Gasteiger partial charge in [0.1, 0.15) is 16.9 Å². The van der Waals surface area contributed by atoms with Gasteiger partial charge in [0.25, 0.3) is 0 Å². The highest BCUT2D eigenvalue weighted by atomic mass is 16.3. The van der Waals surface area contributed by atoms with Crippen LogP contribution in [0.3, 0.4) is 0 Å². The molecule has 260 valence electrons. The van der Waals surface area contributed by atoms with Crippen molar-refractivity contribution in [2.24, 2.45) is 5.10 Å². The average molecular weight is 707 g/mol. The van der Waals surface area contributed by atoms with Crippen LogP contribution in [0.1, 0.15) is 11.1 Å². The summed E-state index contributed by atoms with van der Waals surface area (Å²) in [4.78, 5) is 2.30. The maximum atomic E-state index is 9.15. The first-order valence-electron chi connectivity index (χ1n) is 18.4. The van der Waals surface area contributed by atoms with E-state index in [-0.39, 0.29) is 0 Å². The van der Waals surface area contributed by atoms with Gasteiger partial charge < -0.3 is 9.32 Å². The average Bonchev–Trinajstić information content (AvgIpc) is 3.62. The zero-order valence-corrected chi connectivity index (χ0v) is 29.8. The van der Waals surface area contributed by atoms with Crippen LogP contribution in [0.4, 0.5) is 22.7 Å². The zero-order valence-electron chi connectivity index (χ0n) is 29.8. The number of benzene rings is 8. The molecule has 0 amide bonds. The van der Waals surface area contributed by atoms with E-state index in [2.05, 4.69) is 149 Å². The Bertz CT molecular complexity index is 2980. The first-order chi connectivity index (χ1) is 27.2. The number of rotatable bonds is 7. The lowest BCUT2D eigenvalue weighted by molar-refractivity contribution is 0.669. The number of furan rings is 1. The molecule has 5 heteroatoms. The Morgan fingerprint density at radius 3 is 1.91 bits per heavy atom. The third-order valence-electron chi connectivity index (χ3n) is 10.3. The number of anilines is 4. The minimum atomic E-state index is 0.399. The highest BCUT2D eigenvalue weighted by molar-refractivity contribution is 6.55. The van der Waals surface area contributed by atoms with Crippen molar-refractivity contribution < 1.29 is 4.42 Å². The molecular formula is C50H34N4O. The first kappa shape index (κ1) is 32.2. The fraction of sp³-hybridized carbons (Fsp3) is 0. The third kappa shape index (κ3) is 5.94. The standard InChI is InChI=1S/C50H34N4O/c51-50-46(53-52-39-15-5-2-6-16-39)28-24-34-21-22-38-29-37(23-26-43(38)49(34)50)36-14-10-18-41(31-36)54(40-17-9-13-35(30-40)33-11-3-1-4-12-33)42-25-27-45-44-19-7-8-20-47(44)55-48(45)32-42/h1-32,51-52H/b51-50?,53-46-. The molecule has 0 atom stereocenters. The maximum absolute atomic E-state index is 9.15. The molecule has 5 nitrogen and oxygen atoms in total. The number of allylic oxidation sites excluding steroid dienone is 1. The molecule has 0 spiro atoms. The van der Waals surface area contributed by atoms with Crippen molar-refractivity contribution in [1.82, 2.24) is 0 Å². The normalized spacial score (nSPS) is 13.1. The Balaban J connectivity index is 1.05. The topological polar surface area (TPSA) is 64.6 Å². The van der Waals surface area contributed by atoms with Crippen molar-refractivity contribution in [1.29, 1.82) is 5.41 Å². The van der Waals surface area contributed by atoms with Crippen LogP contribution in [0.25, 0.3) is 61.0 Å². The van der Waals surface area contributed by atoms with Crippen LogP contribution in [-0.4, -0.2) is 11.4 Å². The van der Waals surface area contributed by atoms with E-state index < -0.39 is 0 Å². The molecule has 1 aliphatic carbocycles. The summed E-state index contributed by atoms with van der Waals surface area (Å²) < 4.78 is 6.37. The van der Waals surface area contributed by atoms with Gasteiger partial charge in [-0.05, 0) is 105 Å². The molecular weight excluding hydrogens is 673 g/mol. The molecule has 0 saturated heterocycles. The lowest BCUT2D eigenvalue weighted by Gasteiger charge is -2.26. The van der Waals surface area contributed by atoms with Crippen molar-refractivity contribution in [3.05, 3.63) is 199 Å². The predicted octanol–water partition coefficient (Wildman–Crippen LogP) is 13.4. The molecule has 10 rings (SSSR count). The number of hydrogen-bond donors (Lipinski definition) is 2. The lowest BCUT2D eigenvalue weighted by atomic mass is 9.88. The van der Waals surface area contributed by atoms with Crippen molar-refractivity contribution >= 4 is 73.0 Å². The number of fused-ring (bicyclic) bond motifs is 6. The highest BCUT2D eigenvalue weighted by Crippen LogP contribution is 2.41. The van der Waals surface area contributed by atoms with Gasteiger partial charge in [-0.25, -0.2) is 0 Å². The zero-order chi connectivity index (χ0) is 36.7. The summed E-state index contributed by atoms with van der Waals surface area (Å²) in [7, 11) is 0. The van der Waals surface area contributed by atoms with E-state index in [1.54, 1.807) is 0 Å². The molecule has 0 bridgehead atoms. The van der Waals surface area contributed by atoms with Gasteiger partial charge >= 0.3 is 0 Å². The third-order valence-corrected chi connectivity index (χ3v) is 10.3. The Morgan fingerprint density at radius 1 is 0.473 bits per heavy atom. The Hall–Kier alpha value is -7.50. The fourth-order valence-electron chi connectivity index (χ4n) is 7.64. The minimum Gasteiger partial charge on any atom is -0.456 e. The fourth-order valence-corrected chi connectivity index (χ4v) is 7.64. The van der Waals surface area contributed by atoms with Gasteiger partial charge in [0.05, 0.1) is 11.4 Å². The van der Waals surface area contributed by atoms with E-state index >= 15 is 0 Å². The quantitative estimate of drug-likeness (QED) is 0.162. The first-order valence-corrected chi connectivity index (χ1v) is 18.4. The van der Waals surface area contributed by atoms with Crippen LogP contribution in [0, 0.1) is 5.41 Å². The molecule has 1 aliphatic rings. The van der Waals surface area contributed by atoms with E-state index in [0.29, 0.717) is 11.4 Å². The highest BCUT2D eigenvalue weighted by Gasteiger charge is 2.20. The van der Waals surface area contributed by atoms with Crippen molar-refractivity contribution in [3.8, 4) is 22.3 Å². The Morgan fingerprint density at radius 2 is 1.11 bits per heavy atom. The molecule has 0 saturated carbocycles. The van der Waals surface area contributed by atoms with Gasteiger partial charge in [-0.3, -0.25) is 10.8 Å². The van der Waals surface area contributed by atoms with Crippen LogP contribution in [0.5, 0.6) is 0 Å². The summed E-state index contributed by atoms with van der Waals surface area (Å²) in [6.45, 7) is 0. The Kier molecular flexibility index (Phi) is 7.89. The monoisotopic (exact) mass is 706 g/mol. The number of hydrogen-bond acceptors (Lipinski definition) is 5. The molecule has 0 aliphatic heterocycles. The van der Waals surface area contributed by atoms with E-state index in [1.807, 2.05) is 60.7 Å². The van der Waals surface area contributed by atoms with Gasteiger partial charge in [-0.2, -0.15) is 5.10 Å². The van der Waals surface area contributed by atoms with Gasteiger partial charge in [-0.15, -0.1) is 0 Å². The van der Waals surface area contributed by atoms with E-state index in [9.17, 15) is 0 Å². The second-order valence-electron chi connectivity index (χ2n) is 13.7. The molecule has 8 aromatic carbocycles. The molecule has 0 radical (unpaired) electrons. The summed E-state index contributed by atoms with van der Waals surface area (Å²) in [5, 5.41) is 18.0. The van der Waals surface area contributed by atoms with Crippen LogP contribution >= 0.6 is 0 Å². The summed E-state index contributed by atoms with van der Waals surface area (Å²) >= 11 is 0. The van der Waals surface area contributed by atoms with Gasteiger partial charge in [0, 0.05) is 39.5 Å². The molecule has 1 aromatic heterocycles. The van der Waals surface area contributed by atoms with Crippen LogP contribution < -0.4 is 10.3 Å². The van der Waals surface area contributed by atoms with Crippen LogP contribution in [-0.2, 0) is 0 Å². The van der Waals surface area contributed by atoms with Gasteiger partial charge in [0.15, 0.2) is 0 Å². The SMILES string of the molecule is N=C1/C(=N\Nc2ccccc2)C=Cc2ccc3cc(-c4cccc(N(c5cccc(-c6ccccc6)c5)c5ccc6c(c5)oc5ccccc56)c4)ccc3c21. The predicted molar refractivity (Wildman–Crippen MR) is 230 cm³/mol. The molecule has 1 heterocycles. The Labute approximate surface area is 318 Å². The van der Waals surface area contributed by atoms with Gasteiger partial charge in [-0.1, -0.05) is 121 Å². The van der Waals surface area contributed by atoms with E-state index in [4.69, 9.17) is 9.83 Å². The van der Waals surface area contributed by atoms with Crippen molar-refractivity contribution in [2.45, 2.75) is 0 Å². The van der Waals surface area contributed by atoms with Gasteiger partial charge in [0.2, 0.25) is 0 Å². The molecule has 55 heavy (non-hydrogen) atoms. The number of para-hydroxylation sites is 2. The van der Waals surface area contributed by atoms with Crippen LogP contribution in [0.15, 0.2) is 198 Å². The van der Waals surface area contributed by atoms with Crippen molar-refractivity contribution in [3.63, 3.8) is 0 Å². The molecule has 2 N–H and O–H groups in total. The number of hydrazone groups is 1. The summed E-state index contributed by atoms with van der Waals surface area (Å²) in [5.74, 6) is 0. The van der Waals surface area contributed by atoms with Crippen molar-refractivity contribution in [2.75, 3.05) is 10.3 Å². The lowest BCUT2D eigenvalue weighted by Crippen LogP contribution is -2.18.